The fraction of sp³-hybridized carbons (Fsp3) is 0.500. The highest BCUT2D eigenvalue weighted by Crippen LogP contribution is 2.24. The van der Waals surface area contributed by atoms with Crippen LogP contribution in [0.1, 0.15) is 31.4 Å². The predicted octanol–water partition coefficient (Wildman–Crippen LogP) is 2.33. The molecule has 82 valence electrons. The molecule has 0 aromatic carbocycles. The van der Waals surface area contributed by atoms with Gasteiger partial charge >= 0.3 is 0 Å². The summed E-state index contributed by atoms with van der Waals surface area (Å²) in [4.78, 5) is 17.2. The summed E-state index contributed by atoms with van der Waals surface area (Å²) in [5, 5.41) is 0. The van der Waals surface area contributed by atoms with E-state index in [2.05, 4.69) is 11.1 Å². The quantitative estimate of drug-likeness (QED) is 0.652. The van der Waals surface area contributed by atoms with Gasteiger partial charge in [-0.05, 0) is 24.5 Å². The molecule has 0 saturated carbocycles. The Hall–Kier alpha value is -1.38. The van der Waals surface area contributed by atoms with Gasteiger partial charge in [0.15, 0.2) is 0 Å². The summed E-state index contributed by atoms with van der Waals surface area (Å²) in [5.74, 6) is 0.978. The maximum atomic E-state index is 11.3. The minimum Gasteiger partial charge on any atom is -0.300 e. The summed E-state index contributed by atoms with van der Waals surface area (Å²) >= 11 is 0. The monoisotopic (exact) mass is 206 g/mol. The Balaban J connectivity index is 0.000000531. The van der Waals surface area contributed by atoms with Crippen molar-refractivity contribution in [3.8, 4) is 0 Å². The molecule has 0 spiro atoms. The molecule has 0 aliphatic carbocycles. The predicted molar refractivity (Wildman–Crippen MR) is 62.1 cm³/mol. The van der Waals surface area contributed by atoms with E-state index < -0.39 is 0 Å². The summed E-state index contributed by atoms with van der Waals surface area (Å²) in [6.07, 6.45) is 3.23. The summed E-state index contributed by atoms with van der Waals surface area (Å²) in [6, 6.07) is 2.10. The number of carbonyl (C=O) groups excluding carboxylic acids is 1. The zero-order chi connectivity index (χ0) is 11.4. The van der Waals surface area contributed by atoms with Gasteiger partial charge in [-0.15, -0.1) is 0 Å². The third kappa shape index (κ3) is 2.35. The van der Waals surface area contributed by atoms with Crippen molar-refractivity contribution in [2.24, 2.45) is 0 Å². The number of anilines is 1. The minimum atomic E-state index is 0.156. The summed E-state index contributed by atoms with van der Waals surface area (Å²) in [5.41, 5.74) is 2.34. The van der Waals surface area contributed by atoms with Crippen LogP contribution in [0.2, 0.25) is 0 Å². The Kier molecular flexibility index (Phi) is 3.83. The Morgan fingerprint density at radius 1 is 1.33 bits per heavy atom. The van der Waals surface area contributed by atoms with Gasteiger partial charge in [0.05, 0.1) is 0 Å². The van der Waals surface area contributed by atoms with Crippen LogP contribution >= 0.6 is 0 Å². The lowest BCUT2D eigenvalue weighted by Gasteiger charge is -2.24. The van der Waals surface area contributed by atoms with E-state index in [1.165, 1.54) is 5.56 Å². The van der Waals surface area contributed by atoms with E-state index in [-0.39, 0.29) is 5.91 Å². The lowest BCUT2D eigenvalue weighted by atomic mass is 10.0. The third-order valence-electron chi connectivity index (χ3n) is 2.38. The van der Waals surface area contributed by atoms with Crippen LogP contribution in [0.4, 0.5) is 5.82 Å². The second-order valence-electron chi connectivity index (χ2n) is 3.45. The molecule has 1 aromatic rings. The molecule has 1 aliphatic rings. The Morgan fingerprint density at radius 2 is 2.00 bits per heavy atom. The van der Waals surface area contributed by atoms with E-state index >= 15 is 0 Å². The maximum Gasteiger partial charge on any atom is 0.228 e. The van der Waals surface area contributed by atoms with E-state index in [4.69, 9.17) is 0 Å². The third-order valence-corrected chi connectivity index (χ3v) is 2.38. The van der Waals surface area contributed by atoms with Crippen LogP contribution in [-0.2, 0) is 11.2 Å². The molecule has 1 aliphatic heterocycles. The van der Waals surface area contributed by atoms with Crippen molar-refractivity contribution in [2.75, 3.05) is 11.9 Å². The van der Waals surface area contributed by atoms with Gasteiger partial charge in [0.25, 0.3) is 0 Å². The van der Waals surface area contributed by atoms with Gasteiger partial charge in [-0.3, -0.25) is 9.69 Å². The fourth-order valence-corrected chi connectivity index (χ4v) is 1.64. The number of hydrogen-bond acceptors (Lipinski definition) is 2. The number of fused-ring (bicyclic) bond motifs is 1. The Bertz CT molecular complexity index is 361. The van der Waals surface area contributed by atoms with Crippen LogP contribution in [0.25, 0.3) is 0 Å². The molecule has 0 atom stereocenters. The first-order valence-electron chi connectivity index (χ1n) is 5.40. The number of nitrogens with zero attached hydrogens (tertiary/aromatic N) is 2. The zero-order valence-corrected chi connectivity index (χ0v) is 9.87. The van der Waals surface area contributed by atoms with Gasteiger partial charge in [0.1, 0.15) is 5.82 Å². The summed E-state index contributed by atoms with van der Waals surface area (Å²) in [7, 11) is 1.78. The van der Waals surface area contributed by atoms with Crippen LogP contribution in [0, 0.1) is 6.92 Å². The first kappa shape index (κ1) is 11.7. The van der Waals surface area contributed by atoms with Crippen LogP contribution < -0.4 is 4.90 Å². The van der Waals surface area contributed by atoms with E-state index in [1.807, 2.05) is 20.8 Å². The first-order chi connectivity index (χ1) is 7.18. The van der Waals surface area contributed by atoms with Crippen LogP contribution in [0.5, 0.6) is 0 Å². The van der Waals surface area contributed by atoms with Gasteiger partial charge in [0.2, 0.25) is 5.91 Å². The maximum absolute atomic E-state index is 11.3. The molecule has 1 amide bonds. The van der Waals surface area contributed by atoms with Crippen LogP contribution in [-0.4, -0.2) is 17.9 Å². The molecule has 0 fully saturated rings. The summed E-state index contributed by atoms with van der Waals surface area (Å²) in [6.45, 7) is 6.02. The molecule has 1 aromatic heterocycles. The van der Waals surface area contributed by atoms with E-state index in [0.29, 0.717) is 6.42 Å². The highest BCUT2D eigenvalue weighted by molar-refractivity contribution is 5.94. The van der Waals surface area contributed by atoms with Crippen molar-refractivity contribution >= 4 is 11.7 Å². The van der Waals surface area contributed by atoms with E-state index in [1.54, 1.807) is 18.1 Å². The first-order valence-corrected chi connectivity index (χ1v) is 5.40. The van der Waals surface area contributed by atoms with E-state index in [9.17, 15) is 4.79 Å². The molecule has 2 heterocycles. The van der Waals surface area contributed by atoms with Crippen LogP contribution in [0.15, 0.2) is 12.3 Å². The molecule has 0 unspecified atom stereocenters. The van der Waals surface area contributed by atoms with Crippen molar-refractivity contribution < 1.29 is 4.79 Å². The second-order valence-corrected chi connectivity index (χ2v) is 3.45. The number of rotatable bonds is 0. The highest BCUT2D eigenvalue weighted by Gasteiger charge is 2.21. The van der Waals surface area contributed by atoms with Gasteiger partial charge in [-0.1, -0.05) is 19.9 Å². The summed E-state index contributed by atoms with van der Waals surface area (Å²) < 4.78 is 0. The Labute approximate surface area is 91.1 Å². The minimum absolute atomic E-state index is 0.156. The SMILES string of the molecule is CC.Cc1cnc2c(c1)CCC(=O)N2C. The van der Waals surface area contributed by atoms with Crippen molar-refractivity contribution in [2.45, 2.75) is 33.6 Å². The standard InChI is InChI=1S/C10H12N2O.C2H6/c1-7-5-8-3-4-9(13)12(2)10(8)11-6-7;1-2/h5-6H,3-4H2,1-2H3;1-2H3. The zero-order valence-electron chi connectivity index (χ0n) is 9.87. The number of aromatic nitrogens is 1. The highest BCUT2D eigenvalue weighted by atomic mass is 16.2. The normalized spacial score (nSPS) is 14.1. The van der Waals surface area contributed by atoms with Crippen molar-refractivity contribution in [3.05, 3.63) is 23.4 Å². The molecular formula is C12H18N2O. The molecule has 0 radical (unpaired) electrons. The number of hydrogen-bond donors (Lipinski definition) is 0. The Morgan fingerprint density at radius 3 is 2.67 bits per heavy atom. The van der Waals surface area contributed by atoms with Crippen molar-refractivity contribution in [1.82, 2.24) is 4.98 Å². The molecule has 0 saturated heterocycles. The number of carbonyl (C=O) groups is 1. The smallest absolute Gasteiger partial charge is 0.228 e. The van der Waals surface area contributed by atoms with Crippen LogP contribution in [0.3, 0.4) is 0 Å². The molecule has 15 heavy (non-hydrogen) atoms. The topological polar surface area (TPSA) is 33.2 Å². The largest absolute Gasteiger partial charge is 0.300 e. The van der Waals surface area contributed by atoms with Gasteiger partial charge in [-0.2, -0.15) is 0 Å². The van der Waals surface area contributed by atoms with Crippen molar-refractivity contribution in [1.29, 1.82) is 0 Å². The van der Waals surface area contributed by atoms with E-state index in [0.717, 1.165) is 17.8 Å². The molecule has 2 rings (SSSR count). The number of amides is 1. The average Bonchev–Trinajstić information content (AvgIpc) is 2.26. The molecule has 0 N–H and O–H groups in total. The molecule has 3 heteroatoms. The van der Waals surface area contributed by atoms with Crippen molar-refractivity contribution in [3.63, 3.8) is 0 Å². The fourth-order valence-electron chi connectivity index (χ4n) is 1.64. The van der Waals surface area contributed by atoms with Gasteiger partial charge in [0, 0.05) is 19.7 Å². The lowest BCUT2D eigenvalue weighted by molar-refractivity contribution is -0.118. The van der Waals surface area contributed by atoms with Gasteiger partial charge < -0.3 is 0 Å². The second kappa shape index (κ2) is 4.91. The molecule has 0 bridgehead atoms. The average molecular weight is 206 g/mol. The van der Waals surface area contributed by atoms with Gasteiger partial charge in [-0.25, -0.2) is 4.98 Å². The number of aryl methyl sites for hydroxylation is 2. The molecule has 3 nitrogen and oxygen atoms in total. The molecular weight excluding hydrogens is 188 g/mol. The lowest BCUT2D eigenvalue weighted by Crippen LogP contribution is -2.31. The number of pyridine rings is 1.